The fourth-order valence-corrected chi connectivity index (χ4v) is 3.43. The summed E-state index contributed by atoms with van der Waals surface area (Å²) in [5.74, 6) is -0.559. The number of hydrogen-bond acceptors (Lipinski definition) is 5. The smallest absolute Gasteiger partial charge is 0.358 e. The van der Waals surface area contributed by atoms with Gasteiger partial charge in [0, 0.05) is 10.0 Å². The van der Waals surface area contributed by atoms with Gasteiger partial charge in [0.15, 0.2) is 5.69 Å². The highest BCUT2D eigenvalue weighted by Crippen LogP contribution is 2.35. The summed E-state index contributed by atoms with van der Waals surface area (Å²) >= 11 is 3.38. The molecule has 0 spiro atoms. The number of hydrogen-bond donors (Lipinski definition) is 1. The number of aliphatic hydroxyl groups excluding tert-OH is 1. The molecule has 1 fully saturated rings. The molecule has 1 saturated carbocycles. The van der Waals surface area contributed by atoms with Crippen LogP contribution in [0.3, 0.4) is 0 Å². The van der Waals surface area contributed by atoms with E-state index in [1.54, 1.807) is 11.6 Å². The Morgan fingerprint density at radius 1 is 1.44 bits per heavy atom. The zero-order chi connectivity index (χ0) is 18.0. The molecule has 1 N–H and O–H groups in total. The Morgan fingerprint density at radius 3 is 2.72 bits per heavy atom. The second kappa shape index (κ2) is 7.38. The molecule has 0 bridgehead atoms. The van der Waals surface area contributed by atoms with Crippen molar-refractivity contribution in [3.63, 3.8) is 0 Å². The van der Waals surface area contributed by atoms with E-state index in [1.165, 1.54) is 0 Å². The zero-order valence-corrected chi connectivity index (χ0v) is 15.4. The molecule has 2 aromatic rings. The molecule has 6 nitrogen and oxygen atoms in total. The van der Waals surface area contributed by atoms with Crippen LogP contribution in [0.1, 0.15) is 48.3 Å². The first-order valence-electron chi connectivity index (χ1n) is 8.18. The van der Waals surface area contributed by atoms with Gasteiger partial charge in [-0.05, 0) is 38.3 Å². The molecule has 0 radical (unpaired) electrons. The number of nitriles is 1. The van der Waals surface area contributed by atoms with Crippen molar-refractivity contribution in [2.75, 3.05) is 6.61 Å². The molecule has 1 aliphatic rings. The fraction of sp³-hybridized carbons (Fsp3) is 0.389. The van der Waals surface area contributed by atoms with Crippen LogP contribution in [0.25, 0.3) is 11.3 Å². The normalized spacial score (nSPS) is 19.6. The highest BCUT2D eigenvalue weighted by molar-refractivity contribution is 9.10. The van der Waals surface area contributed by atoms with Gasteiger partial charge in [0.25, 0.3) is 0 Å². The molecule has 3 rings (SSSR count). The van der Waals surface area contributed by atoms with Crippen LogP contribution in [0.5, 0.6) is 0 Å². The summed E-state index contributed by atoms with van der Waals surface area (Å²) in [6, 6.07) is 9.40. The van der Waals surface area contributed by atoms with Gasteiger partial charge in [0.05, 0.1) is 18.8 Å². The van der Waals surface area contributed by atoms with Gasteiger partial charge in [0.1, 0.15) is 17.3 Å². The van der Waals surface area contributed by atoms with E-state index in [-0.39, 0.29) is 23.9 Å². The molecule has 1 aromatic heterocycles. The van der Waals surface area contributed by atoms with Crippen LogP contribution >= 0.6 is 15.9 Å². The van der Waals surface area contributed by atoms with E-state index in [9.17, 15) is 15.2 Å². The molecular weight excluding hydrogens is 386 g/mol. The van der Waals surface area contributed by atoms with Crippen molar-refractivity contribution >= 4 is 21.9 Å². The number of aromatic nitrogens is 2. The van der Waals surface area contributed by atoms with Crippen molar-refractivity contribution in [2.45, 2.75) is 38.3 Å². The van der Waals surface area contributed by atoms with E-state index in [4.69, 9.17) is 4.74 Å². The Labute approximate surface area is 154 Å². The molecule has 0 amide bonds. The third-order valence-electron chi connectivity index (χ3n) is 4.33. The van der Waals surface area contributed by atoms with Crippen LogP contribution < -0.4 is 0 Å². The van der Waals surface area contributed by atoms with Gasteiger partial charge in [-0.2, -0.15) is 10.4 Å². The summed E-state index contributed by atoms with van der Waals surface area (Å²) < 4.78 is 7.63. The number of benzene rings is 1. The molecule has 1 heterocycles. The summed E-state index contributed by atoms with van der Waals surface area (Å²) in [5, 5.41) is 24.1. The summed E-state index contributed by atoms with van der Waals surface area (Å²) in [5.41, 5.74) is 1.59. The van der Waals surface area contributed by atoms with Crippen molar-refractivity contribution in [1.82, 2.24) is 9.78 Å². The quantitative estimate of drug-likeness (QED) is 0.789. The zero-order valence-electron chi connectivity index (χ0n) is 13.8. The van der Waals surface area contributed by atoms with Crippen LogP contribution in [0.4, 0.5) is 0 Å². The van der Waals surface area contributed by atoms with Crippen LogP contribution in [0, 0.1) is 11.3 Å². The summed E-state index contributed by atoms with van der Waals surface area (Å²) in [4.78, 5) is 12.5. The lowest BCUT2D eigenvalue weighted by atomic mass is 10.1. The Hall–Kier alpha value is -2.17. The van der Waals surface area contributed by atoms with Crippen LogP contribution in [-0.4, -0.2) is 33.6 Å². The number of carbonyl (C=O) groups is 1. The molecule has 1 aliphatic carbocycles. The van der Waals surface area contributed by atoms with Crippen molar-refractivity contribution in [2.24, 2.45) is 0 Å². The van der Waals surface area contributed by atoms with E-state index in [2.05, 4.69) is 27.1 Å². The first kappa shape index (κ1) is 17.6. The number of rotatable bonds is 4. The molecule has 0 saturated heterocycles. The predicted molar refractivity (Wildman–Crippen MR) is 94.9 cm³/mol. The maximum absolute atomic E-state index is 12.5. The number of nitrogens with zero attached hydrogens (tertiary/aromatic N) is 3. The molecule has 0 aliphatic heterocycles. The van der Waals surface area contributed by atoms with Crippen LogP contribution in [-0.2, 0) is 4.74 Å². The van der Waals surface area contributed by atoms with Gasteiger partial charge in [-0.15, -0.1) is 0 Å². The highest BCUT2D eigenvalue weighted by atomic mass is 79.9. The molecule has 7 heteroatoms. The Bertz CT molecular complexity index is 823. The monoisotopic (exact) mass is 403 g/mol. The van der Waals surface area contributed by atoms with E-state index >= 15 is 0 Å². The van der Waals surface area contributed by atoms with Gasteiger partial charge in [-0.25, -0.2) is 4.79 Å². The number of halogens is 1. The number of carbonyl (C=O) groups excluding carboxylic acids is 1. The maximum atomic E-state index is 12.5. The van der Waals surface area contributed by atoms with Gasteiger partial charge in [-0.1, -0.05) is 28.1 Å². The number of aliphatic hydroxyl groups is 1. The van der Waals surface area contributed by atoms with Gasteiger partial charge >= 0.3 is 5.97 Å². The average molecular weight is 404 g/mol. The first-order chi connectivity index (χ1) is 12.0. The second-order valence-electron chi connectivity index (χ2n) is 5.98. The Balaban J connectivity index is 2.14. The van der Waals surface area contributed by atoms with Crippen LogP contribution in [0.2, 0.25) is 0 Å². The lowest BCUT2D eigenvalue weighted by Crippen LogP contribution is -2.18. The first-order valence-corrected chi connectivity index (χ1v) is 8.98. The number of ether oxygens (including phenoxy) is 1. The topological polar surface area (TPSA) is 88.1 Å². The molecule has 2 atom stereocenters. The minimum atomic E-state index is -0.559. The predicted octanol–water partition coefficient (Wildman–Crippen LogP) is 3.45. The standard InChI is InChI=1S/C18H18BrN3O3/c1-2-25-18(24)17-15(10-20)16(11-3-5-12(19)6-4-11)21-22(17)13-7-8-14(23)9-13/h3-6,13-14,23H,2,7-9H2,1H3. The SMILES string of the molecule is CCOC(=O)c1c(C#N)c(-c2ccc(Br)cc2)nn1C1CCC(O)C1. The maximum Gasteiger partial charge on any atom is 0.358 e. The van der Waals surface area contributed by atoms with Crippen LogP contribution in [0.15, 0.2) is 28.7 Å². The Kier molecular flexibility index (Phi) is 5.21. The van der Waals surface area contributed by atoms with Gasteiger partial charge in [-0.3, -0.25) is 4.68 Å². The van der Waals surface area contributed by atoms with Crippen molar-refractivity contribution < 1.29 is 14.6 Å². The molecule has 130 valence electrons. The molecular formula is C18H18BrN3O3. The van der Waals surface area contributed by atoms with E-state index in [0.717, 1.165) is 10.0 Å². The van der Waals surface area contributed by atoms with E-state index in [1.807, 2.05) is 24.3 Å². The average Bonchev–Trinajstić information content (AvgIpc) is 3.19. The summed E-state index contributed by atoms with van der Waals surface area (Å²) in [7, 11) is 0. The summed E-state index contributed by atoms with van der Waals surface area (Å²) in [6.07, 6.45) is 1.46. The fourth-order valence-electron chi connectivity index (χ4n) is 3.17. The summed E-state index contributed by atoms with van der Waals surface area (Å²) in [6.45, 7) is 1.94. The lowest BCUT2D eigenvalue weighted by molar-refractivity contribution is 0.0507. The third kappa shape index (κ3) is 3.46. The second-order valence-corrected chi connectivity index (χ2v) is 6.89. The van der Waals surface area contributed by atoms with E-state index in [0.29, 0.717) is 25.0 Å². The highest BCUT2D eigenvalue weighted by Gasteiger charge is 2.33. The van der Waals surface area contributed by atoms with Gasteiger partial charge < -0.3 is 9.84 Å². The Morgan fingerprint density at radius 2 is 2.16 bits per heavy atom. The van der Waals surface area contributed by atoms with Crippen molar-refractivity contribution in [3.8, 4) is 17.3 Å². The van der Waals surface area contributed by atoms with Crippen molar-refractivity contribution in [1.29, 1.82) is 5.26 Å². The minimum absolute atomic E-state index is 0.120. The third-order valence-corrected chi connectivity index (χ3v) is 4.86. The minimum Gasteiger partial charge on any atom is -0.461 e. The number of esters is 1. The van der Waals surface area contributed by atoms with Crippen molar-refractivity contribution in [3.05, 3.63) is 40.0 Å². The van der Waals surface area contributed by atoms with E-state index < -0.39 is 12.1 Å². The van der Waals surface area contributed by atoms with Gasteiger partial charge in [0.2, 0.25) is 0 Å². The molecule has 1 aromatic carbocycles. The molecule has 25 heavy (non-hydrogen) atoms. The molecule has 2 unspecified atom stereocenters. The largest absolute Gasteiger partial charge is 0.461 e. The lowest BCUT2D eigenvalue weighted by Gasteiger charge is -2.13.